The van der Waals surface area contributed by atoms with Crippen molar-refractivity contribution in [2.75, 3.05) is 13.2 Å². The van der Waals surface area contributed by atoms with Gasteiger partial charge in [-0.1, -0.05) is 13.8 Å². The molecule has 0 aliphatic carbocycles. The maximum absolute atomic E-state index is 5.48. The molecule has 17 heavy (non-hydrogen) atoms. The summed E-state index contributed by atoms with van der Waals surface area (Å²) in [6.45, 7) is 8.56. The van der Waals surface area contributed by atoms with Gasteiger partial charge in [0, 0.05) is 28.4 Å². The Bertz CT molecular complexity index is 350. The fourth-order valence-electron chi connectivity index (χ4n) is 2.35. The lowest BCUT2D eigenvalue weighted by Crippen LogP contribution is -2.42. The van der Waals surface area contributed by atoms with Gasteiger partial charge in [0.1, 0.15) is 0 Å². The summed E-state index contributed by atoms with van der Waals surface area (Å²) in [4.78, 5) is 2.94. The number of ether oxygens (including phenoxy) is 1. The van der Waals surface area contributed by atoms with Crippen LogP contribution in [0, 0.1) is 5.92 Å². The lowest BCUT2D eigenvalue weighted by Gasteiger charge is -2.32. The number of rotatable bonds is 4. The third-order valence-corrected chi connectivity index (χ3v) is 4.97. The van der Waals surface area contributed by atoms with Crippen molar-refractivity contribution in [3.05, 3.63) is 21.9 Å². The lowest BCUT2D eigenvalue weighted by molar-refractivity contribution is 0.0364. The second-order valence-electron chi connectivity index (χ2n) is 4.99. The zero-order chi connectivity index (χ0) is 12.3. The number of aryl methyl sites for hydroxylation is 1. The first-order valence-corrected chi connectivity index (χ1v) is 7.44. The van der Waals surface area contributed by atoms with Crippen LogP contribution in [0.2, 0.25) is 0 Å². The normalized spacial score (nSPS) is 27.0. The van der Waals surface area contributed by atoms with Crippen LogP contribution in [0.5, 0.6) is 0 Å². The summed E-state index contributed by atoms with van der Waals surface area (Å²) >= 11 is 1.94. The van der Waals surface area contributed by atoms with Crippen LogP contribution in [-0.4, -0.2) is 19.3 Å². The van der Waals surface area contributed by atoms with E-state index in [1.807, 2.05) is 11.3 Å². The zero-order valence-corrected chi connectivity index (χ0v) is 11.8. The molecule has 2 heterocycles. The lowest BCUT2D eigenvalue weighted by atomic mass is 9.97. The molecule has 1 aliphatic rings. The van der Waals surface area contributed by atoms with Gasteiger partial charge < -0.3 is 10.1 Å². The predicted octanol–water partition coefficient (Wildman–Crippen LogP) is 3.39. The summed E-state index contributed by atoms with van der Waals surface area (Å²) < 4.78 is 5.48. The fraction of sp³-hybridized carbons (Fsp3) is 0.714. The third-order valence-electron chi connectivity index (χ3n) is 3.56. The summed E-state index contributed by atoms with van der Waals surface area (Å²) in [7, 11) is 0. The molecule has 1 fully saturated rings. The van der Waals surface area contributed by atoms with Gasteiger partial charge in [0.2, 0.25) is 0 Å². The fourth-order valence-corrected chi connectivity index (χ4v) is 3.31. The number of hydrogen-bond donors (Lipinski definition) is 1. The van der Waals surface area contributed by atoms with Gasteiger partial charge >= 0.3 is 0 Å². The molecule has 0 aromatic carbocycles. The Labute approximate surface area is 108 Å². The third kappa shape index (κ3) is 3.30. The molecule has 96 valence electrons. The number of thiophene rings is 1. The van der Waals surface area contributed by atoms with Gasteiger partial charge in [0.25, 0.3) is 0 Å². The second-order valence-corrected chi connectivity index (χ2v) is 6.19. The molecule has 2 rings (SSSR count). The highest BCUT2D eigenvalue weighted by Crippen LogP contribution is 2.25. The highest BCUT2D eigenvalue weighted by molar-refractivity contribution is 7.12. The van der Waals surface area contributed by atoms with E-state index in [1.165, 1.54) is 9.75 Å². The van der Waals surface area contributed by atoms with Crippen LogP contribution in [0.1, 0.15) is 43.0 Å². The van der Waals surface area contributed by atoms with E-state index in [-0.39, 0.29) is 0 Å². The van der Waals surface area contributed by atoms with Gasteiger partial charge in [-0.2, -0.15) is 0 Å². The minimum absolute atomic E-state index is 0.464. The first kappa shape index (κ1) is 13.1. The van der Waals surface area contributed by atoms with Gasteiger partial charge in [-0.15, -0.1) is 11.3 Å². The summed E-state index contributed by atoms with van der Waals surface area (Å²) in [5, 5.41) is 3.75. The van der Waals surface area contributed by atoms with Crippen LogP contribution in [0.15, 0.2) is 12.1 Å². The smallest absolute Gasteiger partial charge is 0.0506 e. The van der Waals surface area contributed by atoms with Gasteiger partial charge in [0.05, 0.1) is 6.61 Å². The Morgan fingerprint density at radius 1 is 1.53 bits per heavy atom. The first-order chi connectivity index (χ1) is 8.20. The Balaban J connectivity index is 1.93. The van der Waals surface area contributed by atoms with Gasteiger partial charge in [-0.05, 0) is 37.8 Å². The van der Waals surface area contributed by atoms with Crippen LogP contribution in [-0.2, 0) is 11.2 Å². The monoisotopic (exact) mass is 253 g/mol. The minimum Gasteiger partial charge on any atom is -0.381 e. The predicted molar refractivity (Wildman–Crippen MR) is 73.6 cm³/mol. The standard InChI is InChI=1S/C14H23NOS/c1-4-12-5-6-14(17-12)11(3)15-13-7-8-16-9-10(13)2/h5-6,10-11,13,15H,4,7-9H2,1-3H3. The molecule has 1 aliphatic heterocycles. The Morgan fingerprint density at radius 2 is 2.35 bits per heavy atom. The van der Waals surface area contributed by atoms with E-state index < -0.39 is 0 Å². The maximum Gasteiger partial charge on any atom is 0.0506 e. The van der Waals surface area contributed by atoms with Gasteiger partial charge in [-0.25, -0.2) is 0 Å². The summed E-state index contributed by atoms with van der Waals surface area (Å²) in [6, 6.07) is 5.59. The average Bonchev–Trinajstić information content (AvgIpc) is 2.81. The van der Waals surface area contributed by atoms with E-state index in [4.69, 9.17) is 4.74 Å². The van der Waals surface area contributed by atoms with E-state index >= 15 is 0 Å². The molecule has 3 heteroatoms. The Kier molecular flexibility index (Phi) is 4.60. The molecule has 0 spiro atoms. The van der Waals surface area contributed by atoms with E-state index in [9.17, 15) is 0 Å². The van der Waals surface area contributed by atoms with E-state index in [1.54, 1.807) is 0 Å². The van der Waals surface area contributed by atoms with Crippen LogP contribution >= 0.6 is 11.3 Å². The second kappa shape index (κ2) is 5.98. The van der Waals surface area contributed by atoms with Gasteiger partial charge in [0.15, 0.2) is 0 Å². The van der Waals surface area contributed by atoms with Crippen molar-refractivity contribution >= 4 is 11.3 Å². The molecule has 1 aromatic rings. The van der Waals surface area contributed by atoms with Crippen molar-refractivity contribution < 1.29 is 4.74 Å². The minimum atomic E-state index is 0.464. The SMILES string of the molecule is CCc1ccc(C(C)NC2CCOCC2C)s1. The van der Waals surface area contributed by atoms with Crippen LogP contribution < -0.4 is 5.32 Å². The van der Waals surface area contributed by atoms with Crippen molar-refractivity contribution in [1.29, 1.82) is 0 Å². The average molecular weight is 253 g/mol. The van der Waals surface area contributed by atoms with Crippen molar-refractivity contribution in [1.82, 2.24) is 5.32 Å². The summed E-state index contributed by atoms with van der Waals surface area (Å²) in [5.74, 6) is 0.622. The molecule has 0 saturated carbocycles. The molecular formula is C14H23NOS. The Morgan fingerprint density at radius 3 is 3.00 bits per heavy atom. The molecule has 3 unspecified atom stereocenters. The van der Waals surface area contributed by atoms with Crippen LogP contribution in [0.3, 0.4) is 0 Å². The number of hydrogen-bond acceptors (Lipinski definition) is 3. The molecule has 1 aromatic heterocycles. The van der Waals surface area contributed by atoms with Crippen molar-refractivity contribution in [2.24, 2.45) is 5.92 Å². The summed E-state index contributed by atoms with van der Waals surface area (Å²) in [6.07, 6.45) is 2.28. The van der Waals surface area contributed by atoms with E-state index in [2.05, 4.69) is 38.2 Å². The van der Waals surface area contributed by atoms with Gasteiger partial charge in [-0.3, -0.25) is 0 Å². The first-order valence-electron chi connectivity index (χ1n) is 6.63. The molecule has 2 nitrogen and oxygen atoms in total. The van der Waals surface area contributed by atoms with Crippen LogP contribution in [0.4, 0.5) is 0 Å². The van der Waals surface area contributed by atoms with Crippen molar-refractivity contribution in [2.45, 2.75) is 45.7 Å². The Hall–Kier alpha value is -0.380. The topological polar surface area (TPSA) is 21.3 Å². The molecule has 1 saturated heterocycles. The van der Waals surface area contributed by atoms with E-state index in [0.29, 0.717) is 18.0 Å². The molecule has 0 bridgehead atoms. The molecule has 0 amide bonds. The molecule has 1 N–H and O–H groups in total. The molecule has 0 radical (unpaired) electrons. The molecule has 3 atom stereocenters. The molecular weight excluding hydrogens is 230 g/mol. The largest absolute Gasteiger partial charge is 0.381 e. The highest BCUT2D eigenvalue weighted by atomic mass is 32.1. The maximum atomic E-state index is 5.48. The van der Waals surface area contributed by atoms with Crippen molar-refractivity contribution in [3.8, 4) is 0 Å². The van der Waals surface area contributed by atoms with Crippen LogP contribution in [0.25, 0.3) is 0 Å². The summed E-state index contributed by atoms with van der Waals surface area (Å²) in [5.41, 5.74) is 0. The highest BCUT2D eigenvalue weighted by Gasteiger charge is 2.23. The van der Waals surface area contributed by atoms with E-state index in [0.717, 1.165) is 26.1 Å². The van der Waals surface area contributed by atoms with Crippen molar-refractivity contribution in [3.63, 3.8) is 0 Å². The number of nitrogens with one attached hydrogen (secondary N) is 1. The zero-order valence-electron chi connectivity index (χ0n) is 11.0. The quantitative estimate of drug-likeness (QED) is 0.888.